The molecule has 0 aliphatic carbocycles. The van der Waals surface area contributed by atoms with Gasteiger partial charge < -0.3 is 15.2 Å². The van der Waals surface area contributed by atoms with Crippen molar-refractivity contribution >= 4 is 9.84 Å². The average Bonchev–Trinajstić information content (AvgIpc) is 2.47. The molecule has 1 saturated heterocycles. The molecule has 0 spiro atoms. The summed E-state index contributed by atoms with van der Waals surface area (Å²) in [6.07, 6.45) is 1.81. The molecule has 0 aromatic carbocycles. The van der Waals surface area contributed by atoms with E-state index in [1.165, 1.54) is 6.26 Å². The van der Waals surface area contributed by atoms with Crippen molar-refractivity contribution in [3.63, 3.8) is 0 Å². The van der Waals surface area contributed by atoms with E-state index in [0.717, 1.165) is 0 Å². The van der Waals surface area contributed by atoms with E-state index in [1.54, 1.807) is 6.92 Å². The Labute approximate surface area is 90.7 Å². The van der Waals surface area contributed by atoms with Gasteiger partial charge in [-0.15, -0.1) is 0 Å². The lowest BCUT2D eigenvalue weighted by Gasteiger charge is -2.23. The van der Waals surface area contributed by atoms with Crippen LogP contribution in [-0.4, -0.2) is 56.9 Å². The van der Waals surface area contributed by atoms with Gasteiger partial charge in [0.05, 0.1) is 12.4 Å². The minimum atomic E-state index is -2.96. The number of hydrogen-bond acceptors (Lipinski definition) is 5. The molecule has 15 heavy (non-hydrogen) atoms. The molecule has 0 saturated carbocycles. The van der Waals surface area contributed by atoms with Gasteiger partial charge >= 0.3 is 0 Å². The highest BCUT2D eigenvalue weighted by Gasteiger charge is 2.32. The van der Waals surface area contributed by atoms with E-state index in [0.29, 0.717) is 26.2 Å². The zero-order chi connectivity index (χ0) is 11.5. The van der Waals surface area contributed by atoms with Gasteiger partial charge in [0.1, 0.15) is 15.4 Å². The van der Waals surface area contributed by atoms with Crippen LogP contribution < -0.4 is 5.32 Å². The molecule has 1 rings (SSSR count). The SMILES string of the molecule is CC(CS(C)(=O)=O)NCC1(O)CCOC1. The van der Waals surface area contributed by atoms with E-state index in [-0.39, 0.29) is 11.8 Å². The van der Waals surface area contributed by atoms with Crippen LogP contribution in [0.3, 0.4) is 0 Å². The molecule has 0 amide bonds. The van der Waals surface area contributed by atoms with E-state index in [4.69, 9.17) is 4.74 Å². The highest BCUT2D eigenvalue weighted by Crippen LogP contribution is 2.17. The van der Waals surface area contributed by atoms with Crippen LogP contribution in [0, 0.1) is 0 Å². The van der Waals surface area contributed by atoms with Crippen LogP contribution >= 0.6 is 0 Å². The maximum Gasteiger partial charge on any atom is 0.148 e. The van der Waals surface area contributed by atoms with Crippen molar-refractivity contribution in [1.29, 1.82) is 0 Å². The zero-order valence-electron chi connectivity index (χ0n) is 9.19. The molecule has 0 aromatic rings. The first-order chi connectivity index (χ1) is 6.81. The molecule has 1 fully saturated rings. The van der Waals surface area contributed by atoms with Crippen LogP contribution in [0.1, 0.15) is 13.3 Å². The summed E-state index contributed by atoms with van der Waals surface area (Å²) in [4.78, 5) is 0. The quantitative estimate of drug-likeness (QED) is 0.652. The standard InChI is InChI=1S/C9H19NO4S/c1-8(5-15(2,12)13)10-6-9(11)3-4-14-7-9/h8,10-11H,3-7H2,1-2H3. The van der Waals surface area contributed by atoms with E-state index < -0.39 is 15.4 Å². The van der Waals surface area contributed by atoms with Crippen molar-refractivity contribution in [3.8, 4) is 0 Å². The van der Waals surface area contributed by atoms with Crippen molar-refractivity contribution in [3.05, 3.63) is 0 Å². The summed E-state index contributed by atoms with van der Waals surface area (Å²) in [5, 5.41) is 12.9. The van der Waals surface area contributed by atoms with Gasteiger partial charge in [0.25, 0.3) is 0 Å². The van der Waals surface area contributed by atoms with E-state index in [9.17, 15) is 13.5 Å². The van der Waals surface area contributed by atoms with Crippen LogP contribution in [0.5, 0.6) is 0 Å². The Kier molecular flexibility index (Phi) is 4.11. The lowest BCUT2D eigenvalue weighted by molar-refractivity contribution is 0.0257. The lowest BCUT2D eigenvalue weighted by Crippen LogP contribution is -2.45. The fourth-order valence-electron chi connectivity index (χ4n) is 1.61. The van der Waals surface area contributed by atoms with Gasteiger partial charge in [-0.1, -0.05) is 0 Å². The smallest absolute Gasteiger partial charge is 0.148 e. The number of sulfone groups is 1. The molecule has 2 atom stereocenters. The van der Waals surface area contributed by atoms with E-state index in [1.807, 2.05) is 0 Å². The first-order valence-electron chi connectivity index (χ1n) is 5.02. The van der Waals surface area contributed by atoms with Crippen molar-refractivity contribution < 1.29 is 18.3 Å². The van der Waals surface area contributed by atoms with E-state index in [2.05, 4.69) is 5.32 Å². The molecular weight excluding hydrogens is 218 g/mol. The zero-order valence-corrected chi connectivity index (χ0v) is 10.0. The minimum Gasteiger partial charge on any atom is -0.386 e. The van der Waals surface area contributed by atoms with Gasteiger partial charge in [-0.2, -0.15) is 0 Å². The molecule has 1 aliphatic heterocycles. The first-order valence-corrected chi connectivity index (χ1v) is 7.08. The summed E-state index contributed by atoms with van der Waals surface area (Å²) in [7, 11) is -2.96. The Bertz CT molecular complexity index is 295. The first kappa shape index (κ1) is 12.9. The average molecular weight is 237 g/mol. The molecule has 6 heteroatoms. The number of rotatable bonds is 5. The van der Waals surface area contributed by atoms with Gasteiger partial charge in [0, 0.05) is 31.9 Å². The third-order valence-corrected chi connectivity index (χ3v) is 3.52. The molecule has 90 valence electrons. The molecule has 2 unspecified atom stereocenters. The third-order valence-electron chi connectivity index (χ3n) is 2.41. The highest BCUT2D eigenvalue weighted by atomic mass is 32.2. The topological polar surface area (TPSA) is 75.6 Å². The van der Waals surface area contributed by atoms with Gasteiger partial charge in [-0.05, 0) is 6.92 Å². The molecular formula is C9H19NO4S. The molecule has 5 nitrogen and oxygen atoms in total. The summed E-state index contributed by atoms with van der Waals surface area (Å²) >= 11 is 0. The Morgan fingerprint density at radius 3 is 2.73 bits per heavy atom. The number of nitrogens with one attached hydrogen (secondary N) is 1. The fourth-order valence-corrected chi connectivity index (χ4v) is 2.64. The van der Waals surface area contributed by atoms with Crippen LogP contribution in [0.2, 0.25) is 0 Å². The maximum atomic E-state index is 11.0. The highest BCUT2D eigenvalue weighted by molar-refractivity contribution is 7.90. The lowest BCUT2D eigenvalue weighted by atomic mass is 10.0. The Morgan fingerprint density at radius 2 is 2.27 bits per heavy atom. The van der Waals surface area contributed by atoms with Crippen LogP contribution in [0.25, 0.3) is 0 Å². The second kappa shape index (κ2) is 4.78. The molecule has 2 N–H and O–H groups in total. The van der Waals surface area contributed by atoms with Crippen LogP contribution in [-0.2, 0) is 14.6 Å². The van der Waals surface area contributed by atoms with Crippen LogP contribution in [0.4, 0.5) is 0 Å². The molecule has 1 heterocycles. The van der Waals surface area contributed by atoms with Gasteiger partial charge in [-0.25, -0.2) is 8.42 Å². The molecule has 0 radical (unpaired) electrons. The fraction of sp³-hybridized carbons (Fsp3) is 1.00. The third kappa shape index (κ3) is 4.92. The van der Waals surface area contributed by atoms with Gasteiger partial charge in [-0.3, -0.25) is 0 Å². The van der Waals surface area contributed by atoms with Crippen molar-refractivity contribution in [1.82, 2.24) is 5.32 Å². The largest absolute Gasteiger partial charge is 0.386 e. The number of ether oxygens (including phenoxy) is 1. The Balaban J connectivity index is 2.30. The summed E-state index contributed by atoms with van der Waals surface area (Å²) in [6, 6.07) is -0.148. The summed E-state index contributed by atoms with van der Waals surface area (Å²) in [5.74, 6) is 0.0872. The van der Waals surface area contributed by atoms with Crippen molar-refractivity contribution in [2.45, 2.75) is 25.0 Å². The minimum absolute atomic E-state index is 0.0872. The predicted octanol–water partition coefficient (Wildman–Crippen LogP) is -0.839. The Morgan fingerprint density at radius 1 is 1.60 bits per heavy atom. The second-order valence-corrected chi connectivity index (χ2v) is 6.59. The Hall–Kier alpha value is -0.170. The van der Waals surface area contributed by atoms with E-state index >= 15 is 0 Å². The molecule has 0 bridgehead atoms. The summed E-state index contributed by atoms with van der Waals surface area (Å²) in [6.45, 7) is 3.06. The predicted molar refractivity (Wildman–Crippen MR) is 57.6 cm³/mol. The molecule has 1 aliphatic rings. The normalized spacial score (nSPS) is 29.3. The van der Waals surface area contributed by atoms with Crippen LogP contribution in [0.15, 0.2) is 0 Å². The monoisotopic (exact) mass is 237 g/mol. The number of aliphatic hydroxyl groups is 1. The summed E-state index contributed by atoms with van der Waals surface area (Å²) in [5.41, 5.74) is -0.828. The van der Waals surface area contributed by atoms with Gasteiger partial charge in [0.2, 0.25) is 0 Å². The molecule has 0 aromatic heterocycles. The number of hydrogen-bond donors (Lipinski definition) is 2. The van der Waals surface area contributed by atoms with Crippen molar-refractivity contribution in [2.24, 2.45) is 0 Å². The van der Waals surface area contributed by atoms with Crippen molar-refractivity contribution in [2.75, 3.05) is 31.8 Å². The summed E-state index contributed by atoms with van der Waals surface area (Å²) < 4.78 is 27.1. The second-order valence-electron chi connectivity index (χ2n) is 4.40. The maximum absolute atomic E-state index is 11.0. The van der Waals surface area contributed by atoms with Gasteiger partial charge in [0.15, 0.2) is 0 Å².